The van der Waals surface area contributed by atoms with Crippen LogP contribution in [0.1, 0.15) is 18.4 Å². The number of anilines is 1. The molecule has 2 aromatic rings. The summed E-state index contributed by atoms with van der Waals surface area (Å²) < 4.78 is 26.8. The molecule has 0 fully saturated rings. The molecule has 0 aliphatic carbocycles. The van der Waals surface area contributed by atoms with Crippen molar-refractivity contribution in [3.8, 4) is 11.1 Å². The van der Waals surface area contributed by atoms with Crippen LogP contribution in [-0.2, 0) is 4.79 Å². The van der Waals surface area contributed by atoms with Crippen molar-refractivity contribution in [3.63, 3.8) is 0 Å². The first kappa shape index (κ1) is 11.8. The second-order valence-electron chi connectivity index (χ2n) is 4.63. The van der Waals surface area contributed by atoms with Crippen molar-refractivity contribution in [1.29, 1.82) is 0 Å². The summed E-state index contributed by atoms with van der Waals surface area (Å²) in [6, 6.07) is 8.39. The fourth-order valence-electron chi connectivity index (χ4n) is 2.37. The Balaban J connectivity index is 2.34. The highest BCUT2D eigenvalue weighted by molar-refractivity contribution is 6.03. The summed E-state index contributed by atoms with van der Waals surface area (Å²) in [5.74, 6) is -1.51. The van der Waals surface area contributed by atoms with E-state index in [4.69, 9.17) is 0 Å². The van der Waals surface area contributed by atoms with Gasteiger partial charge < -0.3 is 5.32 Å². The first-order chi connectivity index (χ1) is 9.06. The van der Waals surface area contributed by atoms with E-state index in [9.17, 15) is 13.6 Å². The highest BCUT2D eigenvalue weighted by atomic mass is 19.1. The second kappa shape index (κ2) is 4.16. The molecule has 2 nitrogen and oxygen atoms in total. The van der Waals surface area contributed by atoms with E-state index in [0.717, 1.165) is 0 Å². The molecule has 1 N–H and O–H groups in total. The molecule has 1 aliphatic heterocycles. The average molecular weight is 259 g/mol. The van der Waals surface area contributed by atoms with Crippen LogP contribution in [0, 0.1) is 11.6 Å². The molecule has 4 heteroatoms. The SMILES string of the molecule is CC1C(=O)Nc2ccc(F)cc2-c2ccc(F)cc21. The molecule has 0 saturated carbocycles. The fraction of sp³-hybridized carbons (Fsp3) is 0.133. The van der Waals surface area contributed by atoms with Gasteiger partial charge in [-0.05, 0) is 48.4 Å². The zero-order valence-electron chi connectivity index (χ0n) is 10.2. The van der Waals surface area contributed by atoms with E-state index >= 15 is 0 Å². The smallest absolute Gasteiger partial charge is 0.231 e. The minimum atomic E-state index is -0.485. The Labute approximate surface area is 109 Å². The first-order valence-corrected chi connectivity index (χ1v) is 5.96. The van der Waals surface area contributed by atoms with Crippen molar-refractivity contribution in [2.45, 2.75) is 12.8 Å². The predicted molar refractivity (Wildman–Crippen MR) is 68.8 cm³/mol. The Bertz CT molecular complexity index is 682. The molecule has 1 amide bonds. The highest BCUT2D eigenvalue weighted by Crippen LogP contribution is 2.38. The highest BCUT2D eigenvalue weighted by Gasteiger charge is 2.25. The van der Waals surface area contributed by atoms with E-state index in [1.807, 2.05) is 0 Å². The third-order valence-electron chi connectivity index (χ3n) is 3.40. The zero-order valence-corrected chi connectivity index (χ0v) is 10.2. The van der Waals surface area contributed by atoms with Crippen LogP contribution in [-0.4, -0.2) is 5.91 Å². The van der Waals surface area contributed by atoms with Crippen LogP contribution >= 0.6 is 0 Å². The largest absolute Gasteiger partial charge is 0.325 e. The zero-order chi connectivity index (χ0) is 13.6. The average Bonchev–Trinajstić information content (AvgIpc) is 2.48. The molecule has 0 aromatic heterocycles. The van der Waals surface area contributed by atoms with Gasteiger partial charge in [0.05, 0.1) is 5.92 Å². The van der Waals surface area contributed by atoms with E-state index in [2.05, 4.69) is 5.32 Å². The molecule has 0 radical (unpaired) electrons. The van der Waals surface area contributed by atoms with Gasteiger partial charge in [0.25, 0.3) is 0 Å². The Kier molecular flexibility index (Phi) is 2.59. The predicted octanol–water partition coefficient (Wildman–Crippen LogP) is 3.69. The van der Waals surface area contributed by atoms with Crippen LogP contribution in [0.5, 0.6) is 0 Å². The van der Waals surface area contributed by atoms with Gasteiger partial charge in [0.2, 0.25) is 5.91 Å². The van der Waals surface area contributed by atoms with Gasteiger partial charge in [-0.15, -0.1) is 0 Å². The Morgan fingerprint density at radius 3 is 2.47 bits per heavy atom. The van der Waals surface area contributed by atoms with Crippen molar-refractivity contribution in [2.24, 2.45) is 0 Å². The summed E-state index contributed by atoms with van der Waals surface area (Å²) in [7, 11) is 0. The Morgan fingerprint density at radius 2 is 1.68 bits per heavy atom. The lowest BCUT2D eigenvalue weighted by molar-refractivity contribution is -0.117. The lowest BCUT2D eigenvalue weighted by Gasteiger charge is -2.11. The van der Waals surface area contributed by atoms with E-state index in [-0.39, 0.29) is 5.91 Å². The number of benzene rings is 2. The maximum Gasteiger partial charge on any atom is 0.231 e. The molecule has 1 aliphatic rings. The van der Waals surface area contributed by atoms with Gasteiger partial charge in [-0.1, -0.05) is 6.07 Å². The molecule has 1 heterocycles. The van der Waals surface area contributed by atoms with Crippen molar-refractivity contribution < 1.29 is 13.6 Å². The van der Waals surface area contributed by atoms with E-state index in [0.29, 0.717) is 22.4 Å². The first-order valence-electron chi connectivity index (χ1n) is 5.96. The van der Waals surface area contributed by atoms with Gasteiger partial charge >= 0.3 is 0 Å². The number of carbonyl (C=O) groups is 1. The number of fused-ring (bicyclic) bond motifs is 3. The number of hydrogen-bond donors (Lipinski definition) is 1. The van der Waals surface area contributed by atoms with E-state index in [1.54, 1.807) is 13.0 Å². The van der Waals surface area contributed by atoms with Crippen molar-refractivity contribution in [2.75, 3.05) is 5.32 Å². The van der Waals surface area contributed by atoms with Crippen LogP contribution in [0.15, 0.2) is 36.4 Å². The fourth-order valence-corrected chi connectivity index (χ4v) is 2.37. The van der Waals surface area contributed by atoms with Gasteiger partial charge in [0.15, 0.2) is 0 Å². The molecular formula is C15H11F2NO. The summed E-state index contributed by atoms with van der Waals surface area (Å²) in [6.45, 7) is 1.70. The lowest BCUT2D eigenvalue weighted by atomic mass is 9.92. The number of hydrogen-bond acceptors (Lipinski definition) is 1. The van der Waals surface area contributed by atoms with E-state index in [1.165, 1.54) is 30.3 Å². The maximum atomic E-state index is 13.4. The third kappa shape index (κ3) is 1.89. The molecule has 1 unspecified atom stereocenters. The lowest BCUT2D eigenvalue weighted by Crippen LogP contribution is -2.17. The number of nitrogens with one attached hydrogen (secondary N) is 1. The molecule has 3 rings (SSSR count). The molecule has 96 valence electrons. The van der Waals surface area contributed by atoms with Gasteiger partial charge in [-0.25, -0.2) is 8.78 Å². The van der Waals surface area contributed by atoms with Crippen LogP contribution in [0.2, 0.25) is 0 Å². The van der Waals surface area contributed by atoms with E-state index < -0.39 is 17.6 Å². The summed E-state index contributed by atoms with van der Waals surface area (Å²) in [5, 5.41) is 2.74. The quantitative estimate of drug-likeness (QED) is 0.768. The minimum Gasteiger partial charge on any atom is -0.325 e. The summed E-state index contributed by atoms with van der Waals surface area (Å²) in [6.07, 6.45) is 0. The molecule has 0 spiro atoms. The Hall–Kier alpha value is -2.23. The minimum absolute atomic E-state index is 0.225. The summed E-state index contributed by atoms with van der Waals surface area (Å²) >= 11 is 0. The van der Waals surface area contributed by atoms with Gasteiger partial charge in [-0.3, -0.25) is 4.79 Å². The number of halogens is 2. The van der Waals surface area contributed by atoms with Gasteiger partial charge in [0, 0.05) is 11.3 Å². The standard InChI is InChI=1S/C15H11F2NO/c1-8-12-6-9(16)2-4-11(12)13-7-10(17)3-5-14(13)18-15(8)19/h2-8H,1H3,(H,18,19). The topological polar surface area (TPSA) is 29.1 Å². The molecule has 2 aromatic carbocycles. The van der Waals surface area contributed by atoms with Crippen LogP contribution in [0.25, 0.3) is 11.1 Å². The molecule has 0 saturated heterocycles. The van der Waals surface area contributed by atoms with Gasteiger partial charge in [0.1, 0.15) is 11.6 Å². The normalized spacial score (nSPS) is 17.2. The third-order valence-corrected chi connectivity index (χ3v) is 3.40. The monoisotopic (exact) mass is 259 g/mol. The Morgan fingerprint density at radius 1 is 1.00 bits per heavy atom. The maximum absolute atomic E-state index is 13.4. The van der Waals surface area contributed by atoms with Crippen LogP contribution in [0.3, 0.4) is 0 Å². The summed E-state index contributed by atoms with van der Waals surface area (Å²) in [4.78, 5) is 12.0. The van der Waals surface area contributed by atoms with Crippen molar-refractivity contribution in [3.05, 3.63) is 53.6 Å². The molecular weight excluding hydrogens is 248 g/mol. The van der Waals surface area contributed by atoms with Crippen LogP contribution < -0.4 is 5.32 Å². The molecule has 1 atom stereocenters. The van der Waals surface area contributed by atoms with Gasteiger partial charge in [-0.2, -0.15) is 0 Å². The number of rotatable bonds is 0. The van der Waals surface area contributed by atoms with Crippen LogP contribution in [0.4, 0.5) is 14.5 Å². The number of amides is 1. The number of carbonyl (C=O) groups excluding carboxylic acids is 1. The molecule has 0 bridgehead atoms. The van der Waals surface area contributed by atoms with Crippen molar-refractivity contribution in [1.82, 2.24) is 0 Å². The second-order valence-corrected chi connectivity index (χ2v) is 4.63. The summed E-state index contributed by atoms with van der Waals surface area (Å²) in [5.41, 5.74) is 2.37. The molecule has 19 heavy (non-hydrogen) atoms. The van der Waals surface area contributed by atoms with Crippen molar-refractivity contribution >= 4 is 11.6 Å².